The summed E-state index contributed by atoms with van der Waals surface area (Å²) in [5.41, 5.74) is 9.07. The molecule has 1 amide bonds. The molecular formula is C17H21ClN4O. The number of nitrogens with two attached hydrogens (primary N) is 1. The lowest BCUT2D eigenvalue weighted by atomic mass is 9.84. The first-order valence-electron chi connectivity index (χ1n) is 7.88. The molecule has 1 aromatic carbocycles. The Balaban J connectivity index is 0.00000156. The van der Waals surface area contributed by atoms with Gasteiger partial charge in [-0.1, -0.05) is 12.1 Å². The number of anilines is 1. The number of carbonyl (C=O) groups excluding carboxylic acids is 1. The molecule has 5 nitrogen and oxygen atoms in total. The van der Waals surface area contributed by atoms with Crippen molar-refractivity contribution in [2.24, 2.45) is 23.5 Å². The maximum absolute atomic E-state index is 12.5. The van der Waals surface area contributed by atoms with E-state index in [0.717, 1.165) is 29.8 Å². The Morgan fingerprint density at radius 2 is 1.91 bits per heavy atom. The van der Waals surface area contributed by atoms with Gasteiger partial charge >= 0.3 is 0 Å². The molecule has 2 bridgehead atoms. The highest BCUT2D eigenvalue weighted by Crippen LogP contribution is 2.47. The summed E-state index contributed by atoms with van der Waals surface area (Å²) in [6.45, 7) is 0. The van der Waals surface area contributed by atoms with Crippen LogP contribution in [0.15, 0.2) is 36.5 Å². The van der Waals surface area contributed by atoms with Crippen LogP contribution in [0.3, 0.4) is 0 Å². The number of nitrogens with zero attached hydrogens (tertiary/aromatic N) is 1. The molecule has 23 heavy (non-hydrogen) atoms. The van der Waals surface area contributed by atoms with Gasteiger partial charge in [-0.3, -0.25) is 9.89 Å². The molecule has 4 atom stereocenters. The van der Waals surface area contributed by atoms with Crippen LogP contribution in [0.4, 0.5) is 5.69 Å². The lowest BCUT2D eigenvalue weighted by molar-refractivity contribution is -0.121. The molecule has 4 unspecified atom stereocenters. The number of nitrogens with one attached hydrogen (secondary N) is 2. The van der Waals surface area contributed by atoms with E-state index in [1.807, 2.05) is 30.3 Å². The van der Waals surface area contributed by atoms with Crippen LogP contribution in [-0.2, 0) is 4.79 Å². The van der Waals surface area contributed by atoms with Crippen molar-refractivity contribution in [2.75, 3.05) is 5.32 Å². The summed E-state index contributed by atoms with van der Waals surface area (Å²) in [5.74, 6) is 1.08. The molecule has 2 fully saturated rings. The second kappa shape index (κ2) is 6.34. The van der Waals surface area contributed by atoms with Gasteiger partial charge in [-0.05, 0) is 54.9 Å². The van der Waals surface area contributed by atoms with Gasteiger partial charge in [0.05, 0.1) is 11.6 Å². The van der Waals surface area contributed by atoms with Crippen molar-refractivity contribution >= 4 is 24.0 Å². The molecule has 122 valence electrons. The van der Waals surface area contributed by atoms with Crippen LogP contribution in [0.5, 0.6) is 0 Å². The Kier molecular flexibility index (Phi) is 4.41. The SMILES string of the molecule is Cl.NC1C2CCC(C2)C1C(=O)Nc1ccc(-c2ccn[nH]2)cc1. The number of hydrogen-bond acceptors (Lipinski definition) is 3. The number of rotatable bonds is 3. The average Bonchev–Trinajstić information content (AvgIpc) is 3.25. The second-order valence-electron chi connectivity index (χ2n) is 6.47. The highest BCUT2D eigenvalue weighted by atomic mass is 35.5. The van der Waals surface area contributed by atoms with Crippen molar-refractivity contribution in [1.82, 2.24) is 10.2 Å². The number of aromatic amines is 1. The number of amides is 1. The Hall–Kier alpha value is -1.85. The Morgan fingerprint density at radius 1 is 1.17 bits per heavy atom. The fourth-order valence-corrected chi connectivity index (χ4v) is 4.10. The number of aromatic nitrogens is 2. The van der Waals surface area contributed by atoms with Crippen LogP contribution in [0.2, 0.25) is 0 Å². The van der Waals surface area contributed by atoms with Gasteiger partial charge in [0.1, 0.15) is 0 Å². The molecule has 4 rings (SSSR count). The predicted molar refractivity (Wildman–Crippen MR) is 92.2 cm³/mol. The molecule has 0 radical (unpaired) electrons. The van der Waals surface area contributed by atoms with Crippen molar-refractivity contribution in [2.45, 2.75) is 25.3 Å². The fraction of sp³-hybridized carbons (Fsp3) is 0.412. The van der Waals surface area contributed by atoms with Crippen LogP contribution >= 0.6 is 12.4 Å². The van der Waals surface area contributed by atoms with Crippen molar-refractivity contribution in [3.63, 3.8) is 0 Å². The smallest absolute Gasteiger partial charge is 0.229 e. The Labute approximate surface area is 141 Å². The molecule has 1 aromatic heterocycles. The van der Waals surface area contributed by atoms with Gasteiger partial charge in [0.25, 0.3) is 0 Å². The number of carbonyl (C=O) groups is 1. The number of hydrogen-bond donors (Lipinski definition) is 3. The molecular weight excluding hydrogens is 312 g/mol. The van der Waals surface area contributed by atoms with Crippen molar-refractivity contribution in [3.8, 4) is 11.3 Å². The first kappa shape index (κ1) is 16.0. The van der Waals surface area contributed by atoms with Crippen LogP contribution in [0.1, 0.15) is 19.3 Å². The van der Waals surface area contributed by atoms with Crippen LogP contribution in [0, 0.1) is 17.8 Å². The molecule has 4 N–H and O–H groups in total. The molecule has 0 spiro atoms. The Morgan fingerprint density at radius 3 is 2.52 bits per heavy atom. The molecule has 6 heteroatoms. The van der Waals surface area contributed by atoms with E-state index in [1.165, 1.54) is 6.42 Å². The molecule has 2 saturated carbocycles. The number of benzene rings is 1. The van der Waals surface area contributed by atoms with Crippen LogP contribution in [-0.4, -0.2) is 22.1 Å². The van der Waals surface area contributed by atoms with Gasteiger partial charge in [-0.15, -0.1) is 12.4 Å². The summed E-state index contributed by atoms with van der Waals surface area (Å²) < 4.78 is 0. The first-order chi connectivity index (χ1) is 10.7. The summed E-state index contributed by atoms with van der Waals surface area (Å²) >= 11 is 0. The zero-order valence-electron chi connectivity index (χ0n) is 12.7. The highest BCUT2D eigenvalue weighted by Gasteiger charge is 2.49. The van der Waals surface area contributed by atoms with E-state index in [9.17, 15) is 4.79 Å². The third-order valence-corrected chi connectivity index (χ3v) is 5.25. The number of H-pyrrole nitrogens is 1. The third-order valence-electron chi connectivity index (χ3n) is 5.25. The van der Waals surface area contributed by atoms with Gasteiger partial charge in [0.2, 0.25) is 5.91 Å². The van der Waals surface area contributed by atoms with Gasteiger partial charge in [0, 0.05) is 17.9 Å². The van der Waals surface area contributed by atoms with E-state index in [4.69, 9.17) is 5.73 Å². The summed E-state index contributed by atoms with van der Waals surface area (Å²) in [5, 5.41) is 9.90. The average molecular weight is 333 g/mol. The maximum atomic E-state index is 12.5. The minimum atomic E-state index is -0.0222. The standard InChI is InChI=1S/C17H20N4O.ClH/c18-16-12-2-1-11(9-12)15(16)17(22)20-13-5-3-10(4-6-13)14-7-8-19-21-14;/h3-8,11-12,15-16H,1-2,9,18H2,(H,19,21)(H,20,22);1H. The summed E-state index contributed by atoms with van der Waals surface area (Å²) in [6.07, 6.45) is 5.18. The zero-order chi connectivity index (χ0) is 15.1. The molecule has 2 aromatic rings. The van der Waals surface area contributed by atoms with E-state index in [0.29, 0.717) is 11.8 Å². The molecule has 0 saturated heterocycles. The maximum Gasteiger partial charge on any atom is 0.229 e. The summed E-state index contributed by atoms with van der Waals surface area (Å²) in [7, 11) is 0. The lowest BCUT2D eigenvalue weighted by Gasteiger charge is -2.27. The molecule has 2 aliphatic carbocycles. The van der Waals surface area contributed by atoms with Crippen molar-refractivity contribution in [3.05, 3.63) is 36.5 Å². The summed E-state index contributed by atoms with van der Waals surface area (Å²) in [6, 6.07) is 9.75. The molecule has 1 heterocycles. The predicted octanol–water partition coefficient (Wildman–Crippen LogP) is 2.81. The van der Waals surface area contributed by atoms with E-state index >= 15 is 0 Å². The van der Waals surface area contributed by atoms with Gasteiger partial charge in [-0.25, -0.2) is 0 Å². The third kappa shape index (κ3) is 2.86. The topological polar surface area (TPSA) is 83.8 Å². The van der Waals surface area contributed by atoms with Crippen molar-refractivity contribution < 1.29 is 4.79 Å². The van der Waals surface area contributed by atoms with Gasteiger partial charge < -0.3 is 11.1 Å². The lowest BCUT2D eigenvalue weighted by Crippen LogP contribution is -2.42. The van der Waals surface area contributed by atoms with Crippen molar-refractivity contribution in [1.29, 1.82) is 0 Å². The zero-order valence-corrected chi connectivity index (χ0v) is 13.6. The first-order valence-corrected chi connectivity index (χ1v) is 7.88. The number of halogens is 1. The van der Waals surface area contributed by atoms with E-state index < -0.39 is 0 Å². The minimum absolute atomic E-state index is 0. The van der Waals surface area contributed by atoms with Crippen LogP contribution in [0.25, 0.3) is 11.3 Å². The van der Waals surface area contributed by atoms with Gasteiger partial charge in [-0.2, -0.15) is 5.10 Å². The van der Waals surface area contributed by atoms with E-state index in [-0.39, 0.29) is 30.3 Å². The second-order valence-corrected chi connectivity index (χ2v) is 6.47. The largest absolute Gasteiger partial charge is 0.327 e. The van der Waals surface area contributed by atoms with E-state index in [1.54, 1.807) is 6.20 Å². The Bertz CT molecular complexity index is 668. The normalized spacial score (nSPS) is 28.4. The van der Waals surface area contributed by atoms with Crippen LogP contribution < -0.4 is 11.1 Å². The minimum Gasteiger partial charge on any atom is -0.327 e. The quantitative estimate of drug-likeness (QED) is 0.808. The molecule has 2 aliphatic rings. The summed E-state index contributed by atoms with van der Waals surface area (Å²) in [4.78, 5) is 12.5. The molecule has 0 aliphatic heterocycles. The highest BCUT2D eigenvalue weighted by molar-refractivity contribution is 5.93. The monoisotopic (exact) mass is 332 g/mol. The fourth-order valence-electron chi connectivity index (χ4n) is 4.10. The van der Waals surface area contributed by atoms with Gasteiger partial charge in [0.15, 0.2) is 0 Å². The van der Waals surface area contributed by atoms with E-state index in [2.05, 4.69) is 15.5 Å². The number of fused-ring (bicyclic) bond motifs is 2.